The second kappa shape index (κ2) is 9.05. The summed E-state index contributed by atoms with van der Waals surface area (Å²) < 4.78 is 5.13. The molecule has 26 heavy (non-hydrogen) atoms. The number of aromatic amines is 1. The lowest BCUT2D eigenvalue weighted by Gasteiger charge is -2.05. The van der Waals surface area contributed by atoms with Crippen LogP contribution in [-0.4, -0.2) is 40.5 Å². The van der Waals surface area contributed by atoms with Gasteiger partial charge in [0.25, 0.3) is 0 Å². The van der Waals surface area contributed by atoms with Crippen LogP contribution in [0.2, 0.25) is 0 Å². The van der Waals surface area contributed by atoms with E-state index >= 15 is 0 Å². The molecule has 1 aromatic heterocycles. The number of H-pyrrole nitrogens is 1. The van der Waals surface area contributed by atoms with Gasteiger partial charge < -0.3 is 10.1 Å². The van der Waals surface area contributed by atoms with Gasteiger partial charge >= 0.3 is 0 Å². The third-order valence-electron chi connectivity index (χ3n) is 3.74. The van der Waals surface area contributed by atoms with Crippen LogP contribution in [0.4, 0.5) is 0 Å². The van der Waals surface area contributed by atoms with E-state index in [2.05, 4.69) is 20.5 Å². The molecular formula is C19H20N4O2S. The van der Waals surface area contributed by atoms with E-state index in [9.17, 15) is 4.79 Å². The molecule has 3 rings (SSSR count). The first-order chi connectivity index (χ1) is 12.7. The maximum atomic E-state index is 12.0. The smallest absolute Gasteiger partial charge is 0.230 e. The van der Waals surface area contributed by atoms with Crippen LogP contribution in [0.1, 0.15) is 5.56 Å². The molecule has 0 aliphatic rings. The molecule has 0 saturated heterocycles. The number of benzene rings is 2. The minimum Gasteiger partial charge on any atom is -0.497 e. The van der Waals surface area contributed by atoms with Crippen molar-refractivity contribution in [3.63, 3.8) is 0 Å². The number of carbonyl (C=O) groups excluding carboxylic acids is 1. The lowest BCUT2D eigenvalue weighted by atomic mass is 10.1. The number of thioether (sulfide) groups is 1. The van der Waals surface area contributed by atoms with Gasteiger partial charge in [-0.3, -0.25) is 9.89 Å². The molecule has 0 aliphatic heterocycles. The summed E-state index contributed by atoms with van der Waals surface area (Å²) in [7, 11) is 1.64. The molecule has 7 heteroatoms. The minimum atomic E-state index is -0.0328. The van der Waals surface area contributed by atoms with Crippen molar-refractivity contribution in [2.75, 3.05) is 19.4 Å². The van der Waals surface area contributed by atoms with Gasteiger partial charge in [-0.1, -0.05) is 54.2 Å². The number of aromatic nitrogens is 3. The molecule has 0 bridgehead atoms. The molecule has 0 atom stereocenters. The number of ether oxygens (including phenoxy) is 1. The number of methoxy groups -OCH3 is 1. The van der Waals surface area contributed by atoms with Crippen LogP contribution in [0.3, 0.4) is 0 Å². The first-order valence-corrected chi connectivity index (χ1v) is 9.23. The van der Waals surface area contributed by atoms with Crippen molar-refractivity contribution in [3.8, 4) is 17.1 Å². The molecule has 0 aliphatic carbocycles. The SMILES string of the molecule is COc1ccc(CCNC(=O)CSc2n[nH]c(-c3ccccc3)n2)cc1. The summed E-state index contributed by atoms with van der Waals surface area (Å²) >= 11 is 1.31. The summed E-state index contributed by atoms with van der Waals surface area (Å²) in [6.45, 7) is 0.592. The lowest BCUT2D eigenvalue weighted by Crippen LogP contribution is -2.27. The van der Waals surface area contributed by atoms with Crippen molar-refractivity contribution in [2.45, 2.75) is 11.6 Å². The van der Waals surface area contributed by atoms with Crippen LogP contribution in [0.15, 0.2) is 59.8 Å². The summed E-state index contributed by atoms with van der Waals surface area (Å²) in [5.74, 6) is 1.78. The number of hydrogen-bond donors (Lipinski definition) is 2. The van der Waals surface area contributed by atoms with Gasteiger partial charge in [0, 0.05) is 12.1 Å². The minimum absolute atomic E-state index is 0.0328. The van der Waals surface area contributed by atoms with E-state index in [1.165, 1.54) is 11.8 Å². The molecule has 1 heterocycles. The van der Waals surface area contributed by atoms with E-state index in [-0.39, 0.29) is 11.7 Å². The van der Waals surface area contributed by atoms with E-state index < -0.39 is 0 Å². The van der Waals surface area contributed by atoms with Crippen LogP contribution < -0.4 is 10.1 Å². The van der Waals surface area contributed by atoms with Gasteiger partial charge in [-0.05, 0) is 24.1 Å². The molecule has 6 nitrogen and oxygen atoms in total. The molecule has 1 amide bonds. The van der Waals surface area contributed by atoms with Gasteiger partial charge in [-0.2, -0.15) is 0 Å². The number of nitrogens with one attached hydrogen (secondary N) is 2. The molecule has 0 fully saturated rings. The lowest BCUT2D eigenvalue weighted by molar-refractivity contribution is -0.118. The van der Waals surface area contributed by atoms with Crippen LogP contribution >= 0.6 is 11.8 Å². The summed E-state index contributed by atoms with van der Waals surface area (Å²) in [5.41, 5.74) is 2.12. The van der Waals surface area contributed by atoms with Crippen LogP contribution in [0.5, 0.6) is 5.75 Å². The van der Waals surface area contributed by atoms with Gasteiger partial charge in [-0.25, -0.2) is 4.98 Å². The molecular weight excluding hydrogens is 348 g/mol. The molecule has 0 spiro atoms. The second-order valence-electron chi connectivity index (χ2n) is 5.57. The average Bonchev–Trinajstić information content (AvgIpc) is 3.17. The van der Waals surface area contributed by atoms with Crippen LogP contribution in [0, 0.1) is 0 Å². The Labute approximate surface area is 156 Å². The van der Waals surface area contributed by atoms with Crippen molar-refractivity contribution >= 4 is 17.7 Å². The maximum Gasteiger partial charge on any atom is 0.230 e. The Hall–Kier alpha value is -2.80. The summed E-state index contributed by atoms with van der Waals surface area (Å²) in [5, 5.41) is 10.5. The average molecular weight is 368 g/mol. The highest BCUT2D eigenvalue weighted by molar-refractivity contribution is 7.99. The van der Waals surface area contributed by atoms with E-state index in [1.54, 1.807) is 7.11 Å². The van der Waals surface area contributed by atoms with Gasteiger partial charge in [-0.15, -0.1) is 5.10 Å². The van der Waals surface area contributed by atoms with Crippen molar-refractivity contribution in [1.82, 2.24) is 20.5 Å². The Morgan fingerprint density at radius 3 is 2.65 bits per heavy atom. The number of nitrogens with zero attached hydrogens (tertiary/aromatic N) is 2. The Balaban J connectivity index is 1.40. The summed E-state index contributed by atoms with van der Waals surface area (Å²) in [6.07, 6.45) is 0.777. The first-order valence-electron chi connectivity index (χ1n) is 8.25. The van der Waals surface area contributed by atoms with Crippen molar-refractivity contribution in [3.05, 3.63) is 60.2 Å². The molecule has 0 saturated carbocycles. The fraction of sp³-hybridized carbons (Fsp3) is 0.211. The Morgan fingerprint density at radius 2 is 1.92 bits per heavy atom. The number of amides is 1. The molecule has 134 valence electrons. The van der Waals surface area contributed by atoms with Crippen molar-refractivity contribution in [1.29, 1.82) is 0 Å². The molecule has 0 radical (unpaired) electrons. The fourth-order valence-corrected chi connectivity index (χ4v) is 2.98. The zero-order valence-corrected chi connectivity index (χ0v) is 15.3. The van der Waals surface area contributed by atoms with Gasteiger partial charge in [0.15, 0.2) is 5.82 Å². The second-order valence-corrected chi connectivity index (χ2v) is 6.51. The maximum absolute atomic E-state index is 12.0. The van der Waals surface area contributed by atoms with Crippen molar-refractivity contribution in [2.24, 2.45) is 0 Å². The zero-order chi connectivity index (χ0) is 18.2. The van der Waals surface area contributed by atoms with E-state index in [0.717, 1.165) is 23.3 Å². The Bertz CT molecular complexity index is 834. The normalized spacial score (nSPS) is 10.5. The van der Waals surface area contributed by atoms with E-state index in [4.69, 9.17) is 4.74 Å². The van der Waals surface area contributed by atoms with Crippen LogP contribution in [0.25, 0.3) is 11.4 Å². The topological polar surface area (TPSA) is 79.9 Å². The molecule has 3 aromatic rings. The number of carbonyl (C=O) groups is 1. The highest BCUT2D eigenvalue weighted by Gasteiger charge is 2.08. The zero-order valence-electron chi connectivity index (χ0n) is 14.4. The summed E-state index contributed by atoms with van der Waals surface area (Å²) in [4.78, 5) is 16.4. The third-order valence-corrected chi connectivity index (χ3v) is 4.59. The van der Waals surface area contributed by atoms with Gasteiger partial charge in [0.05, 0.1) is 12.9 Å². The Morgan fingerprint density at radius 1 is 1.15 bits per heavy atom. The quantitative estimate of drug-likeness (QED) is 0.598. The highest BCUT2D eigenvalue weighted by Crippen LogP contribution is 2.18. The number of hydrogen-bond acceptors (Lipinski definition) is 5. The monoisotopic (exact) mass is 368 g/mol. The van der Waals surface area contributed by atoms with Gasteiger partial charge in [0.2, 0.25) is 11.1 Å². The molecule has 0 unspecified atom stereocenters. The van der Waals surface area contributed by atoms with E-state index in [0.29, 0.717) is 17.5 Å². The van der Waals surface area contributed by atoms with Gasteiger partial charge in [0.1, 0.15) is 5.75 Å². The predicted molar refractivity (Wildman–Crippen MR) is 102 cm³/mol. The number of rotatable bonds is 8. The highest BCUT2D eigenvalue weighted by atomic mass is 32.2. The van der Waals surface area contributed by atoms with Crippen molar-refractivity contribution < 1.29 is 9.53 Å². The molecule has 2 N–H and O–H groups in total. The molecule has 2 aromatic carbocycles. The summed E-state index contributed by atoms with van der Waals surface area (Å²) in [6, 6.07) is 17.6. The van der Waals surface area contributed by atoms with Crippen LogP contribution in [-0.2, 0) is 11.2 Å². The fourth-order valence-electron chi connectivity index (χ4n) is 2.36. The standard InChI is InChI=1S/C19H20N4O2S/c1-25-16-9-7-14(8-10-16)11-12-20-17(24)13-26-19-21-18(22-23-19)15-5-3-2-4-6-15/h2-10H,11-13H2,1H3,(H,20,24)(H,21,22,23). The third kappa shape index (κ3) is 5.10. The van der Waals surface area contributed by atoms with E-state index in [1.807, 2.05) is 54.6 Å². The Kier molecular flexibility index (Phi) is 6.27. The predicted octanol–water partition coefficient (Wildman–Crippen LogP) is 2.93. The largest absolute Gasteiger partial charge is 0.497 e. The first kappa shape index (κ1) is 18.0.